The lowest BCUT2D eigenvalue weighted by molar-refractivity contribution is 0.110. The highest BCUT2D eigenvalue weighted by molar-refractivity contribution is 5.85. The summed E-state index contributed by atoms with van der Waals surface area (Å²) in [6, 6.07) is 3.44. The topological polar surface area (TPSA) is 52.3 Å². The first-order valence-corrected chi connectivity index (χ1v) is 4.38. The molecule has 0 fully saturated rings. The summed E-state index contributed by atoms with van der Waals surface area (Å²) in [4.78, 5) is 14.7. The number of aldehydes is 1. The van der Waals surface area contributed by atoms with Gasteiger partial charge in [-0.1, -0.05) is 0 Å². The molecule has 0 amide bonds. The average Bonchev–Trinajstić information content (AvgIpc) is 2.76. The van der Waals surface area contributed by atoms with Gasteiger partial charge in [-0.15, -0.1) is 0 Å². The molecule has 76 valence electrons. The van der Waals surface area contributed by atoms with Crippen molar-refractivity contribution in [2.45, 2.75) is 0 Å². The molecule has 0 atom stereocenters. The molecule has 0 saturated heterocycles. The molecular formula is C11H9NO3. The molecule has 2 aromatic heterocycles. The Morgan fingerprint density at radius 2 is 2.27 bits per heavy atom. The van der Waals surface area contributed by atoms with Crippen LogP contribution in [0.15, 0.2) is 35.2 Å². The predicted octanol–water partition coefficient (Wildman–Crippen LogP) is 2.16. The van der Waals surface area contributed by atoms with Crippen molar-refractivity contribution in [2.75, 3.05) is 7.11 Å². The van der Waals surface area contributed by atoms with Crippen LogP contribution in [0.2, 0.25) is 0 Å². The van der Waals surface area contributed by atoms with E-state index in [4.69, 9.17) is 9.15 Å². The Hall–Kier alpha value is -2.10. The molecule has 0 bridgehead atoms. The minimum atomic E-state index is 0.279. The monoisotopic (exact) mass is 203 g/mol. The Morgan fingerprint density at radius 3 is 3.00 bits per heavy atom. The first kappa shape index (κ1) is 9.45. The summed E-state index contributed by atoms with van der Waals surface area (Å²) < 4.78 is 10.2. The number of hydrogen-bond acceptors (Lipinski definition) is 4. The number of hydrogen-bond donors (Lipinski definition) is 0. The normalized spacial score (nSPS) is 9.93. The van der Waals surface area contributed by atoms with E-state index in [1.165, 1.54) is 6.26 Å². The number of methoxy groups -OCH3 is 1. The van der Waals surface area contributed by atoms with E-state index in [2.05, 4.69) is 4.98 Å². The number of aromatic nitrogens is 1. The maximum Gasteiger partial charge on any atom is 0.185 e. The average molecular weight is 203 g/mol. The smallest absolute Gasteiger partial charge is 0.185 e. The summed E-state index contributed by atoms with van der Waals surface area (Å²) >= 11 is 0. The molecule has 4 nitrogen and oxygen atoms in total. The van der Waals surface area contributed by atoms with Crippen LogP contribution in [0.3, 0.4) is 0 Å². The van der Waals surface area contributed by atoms with Crippen molar-refractivity contribution < 1.29 is 13.9 Å². The van der Waals surface area contributed by atoms with Gasteiger partial charge in [-0.05, 0) is 12.1 Å². The third-order valence-electron chi connectivity index (χ3n) is 2.09. The second-order valence-corrected chi connectivity index (χ2v) is 2.89. The summed E-state index contributed by atoms with van der Waals surface area (Å²) in [7, 11) is 1.57. The Morgan fingerprint density at radius 1 is 1.40 bits per heavy atom. The molecule has 2 heterocycles. The molecule has 0 saturated carbocycles. The highest BCUT2D eigenvalue weighted by Gasteiger charge is 2.12. The molecule has 0 aliphatic rings. The van der Waals surface area contributed by atoms with E-state index in [1.807, 2.05) is 0 Å². The van der Waals surface area contributed by atoms with E-state index >= 15 is 0 Å². The summed E-state index contributed by atoms with van der Waals surface area (Å²) in [6.45, 7) is 0. The SMILES string of the molecule is COc1ccncc1-c1ccoc1C=O. The molecular weight excluding hydrogens is 194 g/mol. The molecule has 0 radical (unpaired) electrons. The fourth-order valence-corrected chi connectivity index (χ4v) is 1.40. The zero-order valence-corrected chi connectivity index (χ0v) is 8.14. The van der Waals surface area contributed by atoms with E-state index in [0.717, 1.165) is 5.56 Å². The summed E-state index contributed by atoms with van der Waals surface area (Å²) in [5.41, 5.74) is 1.44. The van der Waals surface area contributed by atoms with Crippen LogP contribution in [0.1, 0.15) is 10.6 Å². The van der Waals surface area contributed by atoms with Gasteiger partial charge in [0.2, 0.25) is 0 Å². The lowest BCUT2D eigenvalue weighted by Crippen LogP contribution is -1.89. The Kier molecular flexibility index (Phi) is 2.49. The third-order valence-corrected chi connectivity index (χ3v) is 2.09. The van der Waals surface area contributed by atoms with E-state index in [0.29, 0.717) is 17.6 Å². The number of carbonyl (C=O) groups excluding carboxylic acids is 1. The van der Waals surface area contributed by atoms with Crippen molar-refractivity contribution in [1.82, 2.24) is 4.98 Å². The quantitative estimate of drug-likeness (QED) is 0.717. The largest absolute Gasteiger partial charge is 0.496 e. The van der Waals surface area contributed by atoms with Crippen LogP contribution in [0.25, 0.3) is 11.1 Å². The number of ether oxygens (including phenoxy) is 1. The van der Waals surface area contributed by atoms with E-state index in [9.17, 15) is 4.79 Å². The lowest BCUT2D eigenvalue weighted by atomic mass is 10.1. The maximum atomic E-state index is 10.7. The molecule has 0 unspecified atom stereocenters. The zero-order valence-electron chi connectivity index (χ0n) is 8.14. The van der Waals surface area contributed by atoms with Crippen molar-refractivity contribution in [2.24, 2.45) is 0 Å². The van der Waals surface area contributed by atoms with Crippen molar-refractivity contribution in [3.63, 3.8) is 0 Å². The van der Waals surface area contributed by atoms with E-state index in [-0.39, 0.29) is 5.76 Å². The van der Waals surface area contributed by atoms with Crippen LogP contribution in [0.5, 0.6) is 5.75 Å². The van der Waals surface area contributed by atoms with Crippen molar-refractivity contribution in [3.05, 3.63) is 36.5 Å². The van der Waals surface area contributed by atoms with Gasteiger partial charge in [-0.3, -0.25) is 9.78 Å². The maximum absolute atomic E-state index is 10.7. The standard InChI is InChI=1S/C11H9NO3/c1-14-10-2-4-12-6-9(10)8-3-5-15-11(8)7-13/h2-7H,1H3. The second kappa shape index (κ2) is 3.96. The molecule has 0 spiro atoms. The third kappa shape index (κ3) is 1.61. The molecule has 4 heteroatoms. The molecule has 15 heavy (non-hydrogen) atoms. The van der Waals surface area contributed by atoms with Gasteiger partial charge in [0.25, 0.3) is 0 Å². The van der Waals surface area contributed by atoms with Crippen molar-refractivity contribution in [1.29, 1.82) is 0 Å². The highest BCUT2D eigenvalue weighted by atomic mass is 16.5. The number of nitrogens with zero attached hydrogens (tertiary/aromatic N) is 1. The van der Waals surface area contributed by atoms with E-state index < -0.39 is 0 Å². The predicted molar refractivity (Wildman–Crippen MR) is 53.9 cm³/mol. The van der Waals surface area contributed by atoms with Gasteiger partial charge < -0.3 is 9.15 Å². The van der Waals surface area contributed by atoms with Crippen molar-refractivity contribution in [3.8, 4) is 16.9 Å². The Bertz CT molecular complexity index is 476. The summed E-state index contributed by atoms with van der Waals surface area (Å²) in [5, 5.41) is 0. The minimum absolute atomic E-state index is 0.279. The van der Waals surface area contributed by atoms with Gasteiger partial charge >= 0.3 is 0 Å². The first-order valence-electron chi connectivity index (χ1n) is 4.38. The number of carbonyl (C=O) groups is 1. The van der Waals surface area contributed by atoms with Gasteiger partial charge in [-0.2, -0.15) is 0 Å². The lowest BCUT2D eigenvalue weighted by Gasteiger charge is -2.05. The minimum Gasteiger partial charge on any atom is -0.496 e. The summed E-state index contributed by atoms with van der Waals surface area (Å²) in [5.74, 6) is 0.941. The number of pyridine rings is 1. The molecule has 2 aromatic rings. The van der Waals surface area contributed by atoms with Crippen LogP contribution < -0.4 is 4.74 Å². The highest BCUT2D eigenvalue weighted by Crippen LogP contribution is 2.31. The summed E-state index contributed by atoms with van der Waals surface area (Å²) in [6.07, 6.45) is 5.40. The van der Waals surface area contributed by atoms with Crippen molar-refractivity contribution >= 4 is 6.29 Å². The first-order chi connectivity index (χ1) is 7.36. The number of rotatable bonds is 3. The molecule has 0 N–H and O–H groups in total. The van der Waals surface area contributed by atoms with Crippen LogP contribution >= 0.6 is 0 Å². The van der Waals surface area contributed by atoms with Crippen LogP contribution in [-0.4, -0.2) is 18.4 Å². The zero-order chi connectivity index (χ0) is 10.7. The Balaban J connectivity index is 2.58. The van der Waals surface area contributed by atoms with Crippen LogP contribution in [0.4, 0.5) is 0 Å². The molecule has 0 aromatic carbocycles. The van der Waals surface area contributed by atoms with Gasteiger partial charge in [0.05, 0.1) is 13.4 Å². The number of furan rings is 1. The van der Waals surface area contributed by atoms with Crippen LogP contribution in [-0.2, 0) is 0 Å². The van der Waals surface area contributed by atoms with Gasteiger partial charge in [-0.25, -0.2) is 0 Å². The second-order valence-electron chi connectivity index (χ2n) is 2.89. The fourth-order valence-electron chi connectivity index (χ4n) is 1.40. The Labute approximate surface area is 86.5 Å². The fraction of sp³-hybridized carbons (Fsp3) is 0.0909. The van der Waals surface area contributed by atoms with E-state index in [1.54, 1.807) is 31.6 Å². The van der Waals surface area contributed by atoms with Gasteiger partial charge in [0, 0.05) is 23.5 Å². The van der Waals surface area contributed by atoms with Gasteiger partial charge in [0.1, 0.15) is 5.75 Å². The van der Waals surface area contributed by atoms with Gasteiger partial charge in [0.15, 0.2) is 12.0 Å². The van der Waals surface area contributed by atoms with Crippen LogP contribution in [0, 0.1) is 0 Å². The molecule has 0 aliphatic heterocycles. The molecule has 2 rings (SSSR count). The molecule has 0 aliphatic carbocycles.